The minimum absolute atomic E-state index is 0.278. The topological polar surface area (TPSA) is 59.3 Å². The summed E-state index contributed by atoms with van der Waals surface area (Å²) in [4.78, 5) is 18.7. The van der Waals surface area contributed by atoms with Gasteiger partial charge in [0.2, 0.25) is 0 Å². The molecule has 0 aliphatic carbocycles. The third-order valence-electron chi connectivity index (χ3n) is 3.65. The summed E-state index contributed by atoms with van der Waals surface area (Å²) < 4.78 is 1.57. The summed E-state index contributed by atoms with van der Waals surface area (Å²) in [6.07, 6.45) is 3.42. The summed E-state index contributed by atoms with van der Waals surface area (Å²) in [5, 5.41) is 7.87. The van der Waals surface area contributed by atoms with E-state index in [0.29, 0.717) is 16.4 Å². The van der Waals surface area contributed by atoms with Crippen LogP contribution in [0.25, 0.3) is 5.65 Å². The van der Waals surface area contributed by atoms with Crippen LogP contribution in [0.5, 0.6) is 0 Å². The average molecular weight is 381 g/mol. The van der Waals surface area contributed by atoms with Crippen LogP contribution in [0, 0.1) is 0 Å². The van der Waals surface area contributed by atoms with Crippen molar-refractivity contribution in [3.05, 3.63) is 83.8 Å². The van der Waals surface area contributed by atoms with Gasteiger partial charge in [0.25, 0.3) is 5.91 Å². The lowest BCUT2D eigenvalue weighted by molar-refractivity contribution is 0.102. The van der Waals surface area contributed by atoms with Crippen molar-refractivity contribution in [3.63, 3.8) is 0 Å². The zero-order chi connectivity index (χ0) is 17.9. The van der Waals surface area contributed by atoms with Gasteiger partial charge in [-0.1, -0.05) is 35.5 Å². The maximum absolute atomic E-state index is 12.6. The summed E-state index contributed by atoms with van der Waals surface area (Å²) in [6, 6.07) is 18.6. The number of hydrogen-bond donors (Lipinski definition) is 1. The van der Waals surface area contributed by atoms with Crippen LogP contribution >= 0.6 is 23.4 Å². The lowest BCUT2D eigenvalue weighted by Gasteiger charge is -2.10. The fourth-order valence-electron chi connectivity index (χ4n) is 2.42. The van der Waals surface area contributed by atoms with Gasteiger partial charge < -0.3 is 5.32 Å². The number of benzene rings is 2. The first-order valence-corrected chi connectivity index (χ1v) is 9.03. The number of amides is 1. The number of para-hydroxylation sites is 1. The van der Waals surface area contributed by atoms with Gasteiger partial charge in [-0.3, -0.25) is 4.79 Å². The van der Waals surface area contributed by atoms with E-state index in [-0.39, 0.29) is 5.91 Å². The average Bonchev–Trinajstić information content (AvgIpc) is 3.09. The largest absolute Gasteiger partial charge is 0.320 e. The molecule has 0 bridgehead atoms. The molecule has 1 amide bonds. The number of fused-ring (bicyclic) bond motifs is 1. The van der Waals surface area contributed by atoms with Crippen molar-refractivity contribution >= 4 is 40.6 Å². The lowest BCUT2D eigenvalue weighted by atomic mass is 10.3. The Morgan fingerprint density at radius 3 is 2.69 bits per heavy atom. The van der Waals surface area contributed by atoms with Crippen LogP contribution < -0.4 is 5.32 Å². The highest BCUT2D eigenvalue weighted by molar-refractivity contribution is 7.99. The van der Waals surface area contributed by atoms with Crippen molar-refractivity contribution in [2.45, 2.75) is 9.79 Å². The predicted octanol–water partition coefficient (Wildman–Crippen LogP) is 4.79. The van der Waals surface area contributed by atoms with Crippen LogP contribution in [-0.2, 0) is 0 Å². The normalized spacial score (nSPS) is 10.8. The molecule has 1 N–H and O–H groups in total. The highest BCUT2D eigenvalue weighted by Crippen LogP contribution is 2.34. The molecule has 4 aromatic rings. The quantitative estimate of drug-likeness (QED) is 0.553. The Morgan fingerprint density at radius 1 is 1.08 bits per heavy atom. The highest BCUT2D eigenvalue weighted by atomic mass is 35.5. The van der Waals surface area contributed by atoms with Gasteiger partial charge in [-0.25, -0.2) is 9.50 Å². The van der Waals surface area contributed by atoms with Crippen molar-refractivity contribution < 1.29 is 4.79 Å². The van der Waals surface area contributed by atoms with Crippen LogP contribution in [0.2, 0.25) is 5.02 Å². The lowest BCUT2D eigenvalue weighted by Crippen LogP contribution is -2.13. The van der Waals surface area contributed by atoms with E-state index in [1.54, 1.807) is 40.8 Å². The minimum Gasteiger partial charge on any atom is -0.320 e. The molecule has 128 valence electrons. The Balaban J connectivity index is 1.57. The zero-order valence-electron chi connectivity index (χ0n) is 13.5. The monoisotopic (exact) mass is 380 g/mol. The molecule has 0 unspecified atom stereocenters. The van der Waals surface area contributed by atoms with Crippen LogP contribution in [0.15, 0.2) is 82.8 Å². The Bertz CT molecular complexity index is 1050. The summed E-state index contributed by atoms with van der Waals surface area (Å²) in [5.74, 6) is -0.278. The second-order valence-electron chi connectivity index (χ2n) is 5.46. The summed E-state index contributed by atoms with van der Waals surface area (Å²) >= 11 is 7.49. The van der Waals surface area contributed by atoms with E-state index in [4.69, 9.17) is 11.6 Å². The predicted molar refractivity (Wildman–Crippen MR) is 103 cm³/mol. The molecular weight excluding hydrogens is 368 g/mol. The smallest absolute Gasteiger partial charge is 0.276 e. The van der Waals surface area contributed by atoms with Crippen molar-refractivity contribution in [2.75, 3.05) is 5.32 Å². The standard InChI is InChI=1S/C19H13ClN4OS/c20-13-6-8-14(9-7-13)26-17-5-2-1-4-15(17)22-19(25)16-12-18-21-10-3-11-24(18)23-16/h1-12H,(H,22,25). The number of nitrogens with one attached hydrogen (secondary N) is 1. The highest BCUT2D eigenvalue weighted by Gasteiger charge is 2.14. The number of anilines is 1. The summed E-state index contributed by atoms with van der Waals surface area (Å²) in [6.45, 7) is 0. The molecule has 5 nitrogen and oxygen atoms in total. The van der Waals surface area contributed by atoms with E-state index < -0.39 is 0 Å². The SMILES string of the molecule is O=C(Nc1ccccc1Sc1ccc(Cl)cc1)c1cc2ncccn2n1. The number of carbonyl (C=O) groups is 1. The molecular formula is C19H13ClN4OS. The Labute approximate surface area is 159 Å². The summed E-state index contributed by atoms with van der Waals surface area (Å²) in [7, 11) is 0. The second-order valence-corrected chi connectivity index (χ2v) is 7.01. The molecule has 0 aliphatic heterocycles. The number of nitrogens with zero attached hydrogens (tertiary/aromatic N) is 3. The third kappa shape index (κ3) is 3.56. The number of rotatable bonds is 4. The van der Waals surface area contributed by atoms with Gasteiger partial charge in [0, 0.05) is 33.3 Å². The van der Waals surface area contributed by atoms with Gasteiger partial charge in [-0.2, -0.15) is 5.10 Å². The number of aromatic nitrogens is 3. The molecule has 0 atom stereocenters. The van der Waals surface area contributed by atoms with Gasteiger partial charge in [-0.15, -0.1) is 0 Å². The number of halogens is 1. The first kappa shape index (κ1) is 16.6. The Hall–Kier alpha value is -2.83. The van der Waals surface area contributed by atoms with E-state index in [0.717, 1.165) is 15.5 Å². The first-order valence-electron chi connectivity index (χ1n) is 7.83. The van der Waals surface area contributed by atoms with Crippen LogP contribution in [0.4, 0.5) is 5.69 Å². The molecule has 0 aliphatic rings. The van der Waals surface area contributed by atoms with E-state index >= 15 is 0 Å². The number of hydrogen-bond acceptors (Lipinski definition) is 4. The molecule has 26 heavy (non-hydrogen) atoms. The van der Waals surface area contributed by atoms with Crippen molar-refractivity contribution in [1.29, 1.82) is 0 Å². The van der Waals surface area contributed by atoms with Gasteiger partial charge in [0.15, 0.2) is 11.3 Å². The Morgan fingerprint density at radius 2 is 1.88 bits per heavy atom. The molecule has 2 aromatic carbocycles. The van der Waals surface area contributed by atoms with Crippen molar-refractivity contribution in [2.24, 2.45) is 0 Å². The Kier molecular flexibility index (Phi) is 4.60. The molecule has 4 rings (SSSR count). The molecule has 2 heterocycles. The fraction of sp³-hybridized carbons (Fsp3) is 0. The van der Waals surface area contributed by atoms with Gasteiger partial charge >= 0.3 is 0 Å². The van der Waals surface area contributed by atoms with E-state index in [9.17, 15) is 4.79 Å². The third-order valence-corrected chi connectivity index (χ3v) is 4.98. The minimum atomic E-state index is -0.278. The molecule has 7 heteroatoms. The molecule has 0 radical (unpaired) electrons. The number of carbonyl (C=O) groups excluding carboxylic acids is 1. The molecule has 2 aromatic heterocycles. The van der Waals surface area contributed by atoms with Gasteiger partial charge in [0.05, 0.1) is 5.69 Å². The van der Waals surface area contributed by atoms with Crippen molar-refractivity contribution in [3.8, 4) is 0 Å². The van der Waals surface area contributed by atoms with Crippen molar-refractivity contribution in [1.82, 2.24) is 14.6 Å². The van der Waals surface area contributed by atoms with Crippen LogP contribution in [-0.4, -0.2) is 20.5 Å². The molecule has 0 spiro atoms. The maximum Gasteiger partial charge on any atom is 0.276 e. The van der Waals surface area contributed by atoms with Crippen LogP contribution in [0.3, 0.4) is 0 Å². The molecule has 0 saturated carbocycles. The second kappa shape index (κ2) is 7.19. The maximum atomic E-state index is 12.6. The van der Waals surface area contributed by atoms with Gasteiger partial charge in [-0.05, 0) is 42.5 Å². The molecule has 0 fully saturated rings. The summed E-state index contributed by atoms with van der Waals surface area (Å²) in [5.41, 5.74) is 1.67. The van der Waals surface area contributed by atoms with Gasteiger partial charge in [0.1, 0.15) is 0 Å². The van der Waals surface area contributed by atoms with E-state index in [2.05, 4.69) is 15.4 Å². The first-order chi connectivity index (χ1) is 12.7. The van der Waals surface area contributed by atoms with E-state index in [1.807, 2.05) is 48.5 Å². The zero-order valence-corrected chi connectivity index (χ0v) is 15.0. The van der Waals surface area contributed by atoms with Crippen LogP contribution in [0.1, 0.15) is 10.5 Å². The van der Waals surface area contributed by atoms with E-state index in [1.165, 1.54) is 0 Å². The fourth-order valence-corrected chi connectivity index (χ4v) is 3.44. The molecule has 0 saturated heterocycles.